The largest absolute Gasteiger partial charge is 0.430 e. The molecule has 0 atom stereocenters. The number of aromatic nitrogens is 2. The van der Waals surface area contributed by atoms with Gasteiger partial charge in [-0.3, -0.25) is 0 Å². The molecule has 0 N–H and O–H groups in total. The maximum Gasteiger partial charge on any atom is 0.419 e. The minimum Gasteiger partial charge on any atom is -0.430 e. The fourth-order valence-corrected chi connectivity index (χ4v) is 2.06. The van der Waals surface area contributed by atoms with E-state index in [0.29, 0.717) is 31.0 Å². The summed E-state index contributed by atoms with van der Waals surface area (Å²) >= 11 is 0.898. The number of hydrogen-bond donors (Lipinski definition) is 0. The van der Waals surface area contributed by atoms with Crippen molar-refractivity contribution in [1.82, 2.24) is 9.36 Å². The predicted molar refractivity (Wildman–Crippen MR) is 67.0 cm³/mol. The smallest absolute Gasteiger partial charge is 0.419 e. The van der Waals surface area contributed by atoms with Crippen LogP contribution in [0.2, 0.25) is 0 Å². The Labute approximate surface area is 121 Å². The van der Waals surface area contributed by atoms with Crippen LogP contribution in [0.15, 0.2) is 18.2 Å². The normalized spacial score (nSPS) is 11.7. The van der Waals surface area contributed by atoms with Gasteiger partial charge in [0, 0.05) is 25.1 Å². The van der Waals surface area contributed by atoms with Crippen LogP contribution in [0.25, 0.3) is 0 Å². The van der Waals surface area contributed by atoms with E-state index < -0.39 is 17.6 Å². The molecule has 0 unspecified atom stereocenters. The highest BCUT2D eigenvalue weighted by molar-refractivity contribution is 7.07. The average molecular weight is 322 g/mol. The lowest BCUT2D eigenvalue weighted by atomic mass is 10.2. The van der Waals surface area contributed by atoms with Crippen LogP contribution in [0.1, 0.15) is 11.4 Å². The minimum absolute atomic E-state index is 0.0841. The van der Waals surface area contributed by atoms with Crippen molar-refractivity contribution in [2.24, 2.45) is 0 Å². The van der Waals surface area contributed by atoms with Crippen LogP contribution in [0, 0.1) is 5.82 Å². The number of methoxy groups -OCH3 is 1. The third-order valence-electron chi connectivity index (χ3n) is 2.43. The number of halogens is 4. The number of rotatable bonds is 5. The van der Waals surface area contributed by atoms with Crippen LogP contribution >= 0.6 is 11.5 Å². The molecule has 0 amide bonds. The summed E-state index contributed by atoms with van der Waals surface area (Å²) in [6.07, 6.45) is -4.32. The summed E-state index contributed by atoms with van der Waals surface area (Å²) in [5.41, 5.74) is -1.39. The van der Waals surface area contributed by atoms with E-state index in [-0.39, 0.29) is 10.9 Å². The first-order chi connectivity index (χ1) is 9.90. The Balaban J connectivity index is 2.14. The van der Waals surface area contributed by atoms with Gasteiger partial charge in [-0.15, -0.1) is 0 Å². The molecule has 0 aliphatic carbocycles. The summed E-state index contributed by atoms with van der Waals surface area (Å²) in [4.78, 5) is 3.99. The van der Waals surface area contributed by atoms with Crippen LogP contribution in [0.5, 0.6) is 10.9 Å². The van der Waals surface area contributed by atoms with Gasteiger partial charge in [-0.1, -0.05) is 0 Å². The van der Waals surface area contributed by atoms with Crippen LogP contribution in [0.4, 0.5) is 17.6 Å². The lowest BCUT2D eigenvalue weighted by Gasteiger charge is -2.09. The quantitative estimate of drug-likeness (QED) is 0.788. The lowest BCUT2D eigenvalue weighted by molar-refractivity contribution is -0.140. The van der Waals surface area contributed by atoms with E-state index >= 15 is 0 Å². The van der Waals surface area contributed by atoms with E-state index in [4.69, 9.17) is 9.47 Å². The Bertz CT molecular complexity index is 616. The molecule has 0 aliphatic rings. The van der Waals surface area contributed by atoms with Gasteiger partial charge in [-0.25, -0.2) is 4.39 Å². The zero-order valence-corrected chi connectivity index (χ0v) is 11.6. The Kier molecular flexibility index (Phi) is 4.73. The molecule has 0 saturated heterocycles. The summed E-state index contributed by atoms with van der Waals surface area (Å²) in [7, 11) is 1.53. The van der Waals surface area contributed by atoms with E-state index in [1.54, 1.807) is 0 Å². The van der Waals surface area contributed by atoms with E-state index in [2.05, 4.69) is 9.36 Å². The van der Waals surface area contributed by atoms with Crippen LogP contribution < -0.4 is 4.74 Å². The zero-order chi connectivity index (χ0) is 15.5. The van der Waals surface area contributed by atoms with Crippen molar-refractivity contribution in [3.05, 3.63) is 35.4 Å². The van der Waals surface area contributed by atoms with Crippen LogP contribution in [-0.2, 0) is 17.3 Å². The number of nitrogens with zero attached hydrogens (tertiary/aromatic N) is 2. The van der Waals surface area contributed by atoms with Gasteiger partial charge in [0.1, 0.15) is 17.4 Å². The molecule has 1 aromatic carbocycles. The maximum absolute atomic E-state index is 13.1. The minimum atomic E-state index is -4.78. The first kappa shape index (κ1) is 15.6. The molecular formula is C12H10F4N2O2S. The molecule has 1 heterocycles. The monoisotopic (exact) mass is 322 g/mol. The fraction of sp³-hybridized carbons (Fsp3) is 0.333. The second kappa shape index (κ2) is 6.35. The second-order valence-electron chi connectivity index (χ2n) is 3.96. The average Bonchev–Trinajstić information content (AvgIpc) is 2.85. The molecular weight excluding hydrogens is 312 g/mol. The first-order valence-electron chi connectivity index (χ1n) is 5.76. The molecule has 0 bridgehead atoms. The molecule has 2 aromatic rings. The summed E-state index contributed by atoms with van der Waals surface area (Å²) in [5, 5.41) is 0.0841. The van der Waals surface area contributed by atoms with Gasteiger partial charge < -0.3 is 9.47 Å². The highest BCUT2D eigenvalue weighted by Gasteiger charge is 2.34. The molecule has 0 radical (unpaired) electrons. The second-order valence-corrected chi connectivity index (χ2v) is 4.68. The topological polar surface area (TPSA) is 44.2 Å². The van der Waals surface area contributed by atoms with Crippen LogP contribution in [-0.4, -0.2) is 23.1 Å². The Hall–Kier alpha value is -1.74. The van der Waals surface area contributed by atoms with Gasteiger partial charge in [0.25, 0.3) is 5.19 Å². The van der Waals surface area contributed by atoms with Gasteiger partial charge in [0.05, 0.1) is 12.2 Å². The first-order valence-corrected chi connectivity index (χ1v) is 6.53. The SMILES string of the molecule is COCCc1nsc(Oc2ccc(F)c(C(F)(F)F)c2)n1. The standard InChI is InChI=1S/C12H10F4N2O2S/c1-19-5-4-10-17-11(21-18-10)20-7-2-3-9(13)8(6-7)12(14,15)16/h2-3,6H,4-5H2,1H3. The van der Waals surface area contributed by atoms with Crippen molar-refractivity contribution in [1.29, 1.82) is 0 Å². The van der Waals surface area contributed by atoms with Gasteiger partial charge in [-0.2, -0.15) is 22.5 Å². The number of ether oxygens (including phenoxy) is 2. The van der Waals surface area contributed by atoms with Crippen molar-refractivity contribution in [3.63, 3.8) is 0 Å². The van der Waals surface area contributed by atoms with E-state index in [0.717, 1.165) is 17.6 Å². The molecule has 9 heteroatoms. The van der Waals surface area contributed by atoms with Crippen molar-refractivity contribution >= 4 is 11.5 Å². The molecule has 0 spiro atoms. The van der Waals surface area contributed by atoms with Gasteiger partial charge >= 0.3 is 6.18 Å². The summed E-state index contributed by atoms with van der Waals surface area (Å²) < 4.78 is 64.9. The summed E-state index contributed by atoms with van der Waals surface area (Å²) in [5.74, 6) is -1.04. The molecule has 4 nitrogen and oxygen atoms in total. The number of hydrogen-bond acceptors (Lipinski definition) is 5. The number of alkyl halides is 3. The third kappa shape index (κ3) is 4.11. The Morgan fingerprint density at radius 1 is 1.29 bits per heavy atom. The molecule has 0 saturated carbocycles. The van der Waals surface area contributed by atoms with E-state index in [9.17, 15) is 17.6 Å². The Morgan fingerprint density at radius 3 is 2.71 bits per heavy atom. The molecule has 2 rings (SSSR count). The number of benzene rings is 1. The lowest BCUT2D eigenvalue weighted by Crippen LogP contribution is -2.08. The third-order valence-corrected chi connectivity index (χ3v) is 3.06. The summed E-state index contributed by atoms with van der Waals surface area (Å²) in [6.45, 7) is 0.422. The fourth-order valence-electron chi connectivity index (χ4n) is 1.46. The van der Waals surface area contributed by atoms with E-state index in [1.165, 1.54) is 7.11 Å². The molecule has 114 valence electrons. The summed E-state index contributed by atoms with van der Waals surface area (Å²) in [6, 6.07) is 2.39. The van der Waals surface area contributed by atoms with Gasteiger partial charge in [-0.05, 0) is 18.2 Å². The van der Waals surface area contributed by atoms with Crippen molar-refractivity contribution in [3.8, 4) is 10.9 Å². The molecule has 0 aliphatic heterocycles. The Morgan fingerprint density at radius 2 is 2.05 bits per heavy atom. The van der Waals surface area contributed by atoms with Gasteiger partial charge in [0.2, 0.25) is 0 Å². The molecule has 0 fully saturated rings. The predicted octanol–water partition coefficient (Wildman–Crippen LogP) is 3.68. The van der Waals surface area contributed by atoms with Crippen molar-refractivity contribution in [2.45, 2.75) is 12.6 Å². The highest BCUT2D eigenvalue weighted by atomic mass is 32.1. The maximum atomic E-state index is 13.1. The van der Waals surface area contributed by atoms with E-state index in [1.807, 2.05) is 0 Å². The van der Waals surface area contributed by atoms with Crippen LogP contribution in [0.3, 0.4) is 0 Å². The van der Waals surface area contributed by atoms with Gasteiger partial charge in [0.15, 0.2) is 0 Å². The van der Waals surface area contributed by atoms with Crippen molar-refractivity contribution in [2.75, 3.05) is 13.7 Å². The zero-order valence-electron chi connectivity index (χ0n) is 10.8. The highest BCUT2D eigenvalue weighted by Crippen LogP contribution is 2.34. The van der Waals surface area contributed by atoms with Crippen molar-refractivity contribution < 1.29 is 27.0 Å². The molecule has 21 heavy (non-hydrogen) atoms. The molecule has 1 aromatic heterocycles.